The van der Waals surface area contributed by atoms with E-state index in [1.807, 2.05) is 0 Å². The molecule has 18 heavy (non-hydrogen) atoms. The van der Waals surface area contributed by atoms with Gasteiger partial charge in [-0.05, 0) is 51.4 Å². The smallest absolute Gasteiger partial charge is 0.0201 e. The molecule has 2 nitrogen and oxygen atoms in total. The first-order chi connectivity index (χ1) is 8.78. The standard InChI is InChI=1S/C16H30N2/c1-3-15-9-8-12(2)18(15)11-14-10-13-6-4-5-7-16(13)17-14/h12-17H,3-11H2,1-2H3. The molecule has 5 atom stereocenters. The Labute approximate surface area is 113 Å². The summed E-state index contributed by atoms with van der Waals surface area (Å²) in [7, 11) is 0. The summed E-state index contributed by atoms with van der Waals surface area (Å²) in [5.74, 6) is 1.00. The van der Waals surface area contributed by atoms with E-state index in [1.54, 1.807) is 0 Å². The summed E-state index contributed by atoms with van der Waals surface area (Å²) in [6.07, 6.45) is 11.5. The fourth-order valence-electron chi connectivity index (χ4n) is 4.72. The van der Waals surface area contributed by atoms with Gasteiger partial charge in [0, 0.05) is 30.7 Å². The molecule has 0 spiro atoms. The monoisotopic (exact) mass is 250 g/mol. The van der Waals surface area contributed by atoms with Crippen LogP contribution in [0.4, 0.5) is 0 Å². The van der Waals surface area contributed by atoms with Crippen molar-refractivity contribution in [2.75, 3.05) is 6.54 Å². The second kappa shape index (κ2) is 5.50. The number of fused-ring (bicyclic) bond motifs is 1. The highest BCUT2D eigenvalue weighted by Gasteiger charge is 2.38. The van der Waals surface area contributed by atoms with E-state index >= 15 is 0 Å². The van der Waals surface area contributed by atoms with E-state index in [2.05, 4.69) is 24.1 Å². The Morgan fingerprint density at radius 2 is 1.94 bits per heavy atom. The van der Waals surface area contributed by atoms with Gasteiger partial charge in [0.05, 0.1) is 0 Å². The summed E-state index contributed by atoms with van der Waals surface area (Å²) in [6, 6.07) is 3.33. The second-order valence-corrected chi connectivity index (χ2v) is 6.94. The fraction of sp³-hybridized carbons (Fsp3) is 1.00. The third-order valence-electron chi connectivity index (χ3n) is 5.80. The second-order valence-electron chi connectivity index (χ2n) is 6.94. The van der Waals surface area contributed by atoms with Crippen LogP contribution in [0, 0.1) is 5.92 Å². The summed E-state index contributed by atoms with van der Waals surface area (Å²) in [5.41, 5.74) is 0. The van der Waals surface area contributed by atoms with Crippen LogP contribution in [0.2, 0.25) is 0 Å². The minimum Gasteiger partial charge on any atom is -0.310 e. The van der Waals surface area contributed by atoms with Crippen LogP contribution >= 0.6 is 0 Å². The number of nitrogens with one attached hydrogen (secondary N) is 1. The molecule has 2 saturated heterocycles. The molecule has 3 aliphatic rings. The predicted octanol–water partition coefficient (Wildman–Crippen LogP) is 3.17. The van der Waals surface area contributed by atoms with Crippen LogP contribution in [0.5, 0.6) is 0 Å². The quantitative estimate of drug-likeness (QED) is 0.827. The molecule has 5 unspecified atom stereocenters. The molecule has 0 bridgehead atoms. The van der Waals surface area contributed by atoms with Crippen LogP contribution in [0.15, 0.2) is 0 Å². The highest BCUT2D eigenvalue weighted by molar-refractivity contribution is 4.96. The van der Waals surface area contributed by atoms with E-state index in [1.165, 1.54) is 57.9 Å². The van der Waals surface area contributed by atoms with Crippen LogP contribution in [0.1, 0.15) is 65.2 Å². The molecule has 0 aromatic carbocycles. The zero-order chi connectivity index (χ0) is 12.5. The zero-order valence-corrected chi connectivity index (χ0v) is 12.2. The third-order valence-corrected chi connectivity index (χ3v) is 5.80. The van der Waals surface area contributed by atoms with Crippen molar-refractivity contribution in [3.63, 3.8) is 0 Å². The van der Waals surface area contributed by atoms with Crippen LogP contribution in [0.25, 0.3) is 0 Å². The average molecular weight is 250 g/mol. The van der Waals surface area contributed by atoms with Crippen LogP contribution < -0.4 is 5.32 Å². The summed E-state index contributed by atoms with van der Waals surface area (Å²) in [4.78, 5) is 2.80. The first kappa shape index (κ1) is 12.9. The van der Waals surface area contributed by atoms with Gasteiger partial charge in [0.1, 0.15) is 0 Å². The lowest BCUT2D eigenvalue weighted by Gasteiger charge is -2.30. The first-order valence-corrected chi connectivity index (χ1v) is 8.29. The minimum atomic E-state index is 0.785. The molecule has 0 aromatic heterocycles. The van der Waals surface area contributed by atoms with Gasteiger partial charge in [-0.3, -0.25) is 4.90 Å². The van der Waals surface area contributed by atoms with Crippen molar-refractivity contribution in [1.29, 1.82) is 0 Å². The summed E-state index contributed by atoms with van der Waals surface area (Å²) >= 11 is 0. The molecule has 1 saturated carbocycles. The van der Waals surface area contributed by atoms with Crippen LogP contribution in [-0.2, 0) is 0 Å². The molecule has 1 aliphatic carbocycles. The maximum Gasteiger partial charge on any atom is 0.0201 e. The van der Waals surface area contributed by atoms with Gasteiger partial charge < -0.3 is 5.32 Å². The third kappa shape index (κ3) is 2.46. The molecule has 0 amide bonds. The molecule has 0 radical (unpaired) electrons. The fourth-order valence-corrected chi connectivity index (χ4v) is 4.72. The van der Waals surface area contributed by atoms with Crippen molar-refractivity contribution in [2.24, 2.45) is 5.92 Å². The molecule has 3 fully saturated rings. The highest BCUT2D eigenvalue weighted by atomic mass is 15.2. The Bertz CT molecular complexity index is 264. The van der Waals surface area contributed by atoms with E-state index < -0.39 is 0 Å². The van der Waals surface area contributed by atoms with Crippen molar-refractivity contribution in [3.8, 4) is 0 Å². The molecular weight excluding hydrogens is 220 g/mol. The molecule has 104 valence electrons. The number of likely N-dealkylation sites (tertiary alicyclic amines) is 1. The predicted molar refractivity (Wildman–Crippen MR) is 76.8 cm³/mol. The Kier molecular flexibility index (Phi) is 3.95. The lowest BCUT2D eigenvalue weighted by atomic mass is 9.85. The zero-order valence-electron chi connectivity index (χ0n) is 12.2. The van der Waals surface area contributed by atoms with E-state index in [-0.39, 0.29) is 0 Å². The van der Waals surface area contributed by atoms with Gasteiger partial charge in [0.15, 0.2) is 0 Å². The Morgan fingerprint density at radius 3 is 2.72 bits per heavy atom. The van der Waals surface area contributed by atoms with Gasteiger partial charge in [0.2, 0.25) is 0 Å². The molecule has 2 heteroatoms. The maximum atomic E-state index is 3.94. The van der Waals surface area contributed by atoms with Crippen molar-refractivity contribution in [2.45, 2.75) is 89.4 Å². The lowest BCUT2D eigenvalue weighted by molar-refractivity contribution is 0.179. The van der Waals surface area contributed by atoms with Crippen molar-refractivity contribution in [1.82, 2.24) is 10.2 Å². The molecule has 3 rings (SSSR count). The normalized spacial score (nSPS) is 45.3. The van der Waals surface area contributed by atoms with Crippen molar-refractivity contribution in [3.05, 3.63) is 0 Å². The Balaban J connectivity index is 1.56. The lowest BCUT2D eigenvalue weighted by Crippen LogP contribution is -2.44. The number of nitrogens with zero attached hydrogens (tertiary/aromatic N) is 1. The first-order valence-electron chi connectivity index (χ1n) is 8.29. The van der Waals surface area contributed by atoms with E-state index in [4.69, 9.17) is 0 Å². The summed E-state index contributed by atoms with van der Waals surface area (Å²) in [5, 5.41) is 3.94. The molecular formula is C16H30N2. The summed E-state index contributed by atoms with van der Waals surface area (Å²) in [6.45, 7) is 6.10. The molecule has 1 N–H and O–H groups in total. The largest absolute Gasteiger partial charge is 0.310 e. The van der Waals surface area contributed by atoms with Gasteiger partial charge in [-0.15, -0.1) is 0 Å². The topological polar surface area (TPSA) is 15.3 Å². The van der Waals surface area contributed by atoms with E-state index in [0.29, 0.717) is 0 Å². The number of hydrogen-bond donors (Lipinski definition) is 1. The molecule has 2 aliphatic heterocycles. The van der Waals surface area contributed by atoms with E-state index in [9.17, 15) is 0 Å². The number of hydrogen-bond acceptors (Lipinski definition) is 2. The summed E-state index contributed by atoms with van der Waals surface area (Å²) < 4.78 is 0. The Hall–Kier alpha value is -0.0800. The minimum absolute atomic E-state index is 0.785. The van der Waals surface area contributed by atoms with Crippen molar-refractivity contribution < 1.29 is 0 Å². The van der Waals surface area contributed by atoms with Crippen LogP contribution in [-0.4, -0.2) is 35.6 Å². The average Bonchev–Trinajstić information content (AvgIpc) is 2.94. The SMILES string of the molecule is CCC1CCC(C)N1CC1CC2CCCCC2N1. The Morgan fingerprint density at radius 1 is 1.11 bits per heavy atom. The van der Waals surface area contributed by atoms with Crippen molar-refractivity contribution >= 4 is 0 Å². The van der Waals surface area contributed by atoms with Gasteiger partial charge in [-0.2, -0.15) is 0 Å². The van der Waals surface area contributed by atoms with Gasteiger partial charge in [-0.1, -0.05) is 19.8 Å². The van der Waals surface area contributed by atoms with E-state index in [0.717, 1.165) is 30.1 Å². The van der Waals surface area contributed by atoms with Gasteiger partial charge >= 0.3 is 0 Å². The van der Waals surface area contributed by atoms with Crippen LogP contribution in [0.3, 0.4) is 0 Å². The molecule has 0 aromatic rings. The van der Waals surface area contributed by atoms with Gasteiger partial charge in [0.25, 0.3) is 0 Å². The molecule has 2 heterocycles. The maximum absolute atomic E-state index is 3.94. The number of rotatable bonds is 3. The highest BCUT2D eigenvalue weighted by Crippen LogP contribution is 2.35. The van der Waals surface area contributed by atoms with Gasteiger partial charge in [-0.25, -0.2) is 0 Å².